The Morgan fingerprint density at radius 2 is 1.92 bits per heavy atom. The lowest BCUT2D eigenvalue weighted by atomic mass is 10.2. The van der Waals surface area contributed by atoms with Crippen molar-refractivity contribution in [2.75, 3.05) is 12.4 Å². The molecule has 0 aliphatic heterocycles. The first-order valence-corrected chi connectivity index (χ1v) is 8.06. The van der Waals surface area contributed by atoms with E-state index in [1.807, 2.05) is 0 Å². The number of hydrogen-bond acceptors (Lipinski definition) is 5. The minimum absolute atomic E-state index is 0.397. The summed E-state index contributed by atoms with van der Waals surface area (Å²) < 4.78 is 5.20. The van der Waals surface area contributed by atoms with E-state index in [2.05, 4.69) is 15.6 Å². The number of nitrogens with one attached hydrogen (secondary N) is 1. The van der Waals surface area contributed by atoms with Crippen LogP contribution < -0.4 is 14.9 Å². The molecule has 0 spiro atoms. The van der Waals surface area contributed by atoms with Crippen LogP contribution >= 0.6 is 23.2 Å². The fourth-order valence-electron chi connectivity index (χ4n) is 2.16. The van der Waals surface area contributed by atoms with Crippen LogP contribution in [0.15, 0.2) is 36.4 Å². The molecule has 0 aliphatic rings. The number of rotatable bonds is 5. The molecule has 1 atom stereocenters. The molecular formula is C16H14Cl2N4O3. The van der Waals surface area contributed by atoms with E-state index in [1.165, 1.54) is 12.0 Å². The summed E-state index contributed by atoms with van der Waals surface area (Å²) in [5, 5.41) is 11.5. The van der Waals surface area contributed by atoms with Gasteiger partial charge in [0.05, 0.1) is 12.8 Å². The van der Waals surface area contributed by atoms with Crippen LogP contribution in [-0.2, 0) is 4.79 Å². The summed E-state index contributed by atoms with van der Waals surface area (Å²) in [6, 6.07) is 9.99. The molecule has 1 N–H and O–H groups in total. The van der Waals surface area contributed by atoms with E-state index in [1.54, 1.807) is 43.3 Å². The highest BCUT2D eigenvalue weighted by atomic mass is 35.5. The predicted molar refractivity (Wildman–Crippen MR) is 95.2 cm³/mol. The largest absolute Gasteiger partial charge is 0.495 e. The van der Waals surface area contributed by atoms with E-state index < -0.39 is 12.0 Å². The maximum atomic E-state index is 12.4. The van der Waals surface area contributed by atoms with Gasteiger partial charge in [-0.05, 0) is 48.5 Å². The lowest BCUT2D eigenvalue weighted by Gasteiger charge is -2.15. The van der Waals surface area contributed by atoms with Crippen LogP contribution in [0.2, 0.25) is 10.0 Å². The topological polar surface area (TPSA) is 78.3 Å². The first kappa shape index (κ1) is 17.3. The second kappa shape index (κ2) is 7.16. The number of methoxy groups -OCH3 is 1. The fraction of sp³-hybridized carbons (Fsp3) is 0.188. The van der Waals surface area contributed by atoms with Gasteiger partial charge in [0.15, 0.2) is 0 Å². The number of benzene rings is 2. The van der Waals surface area contributed by atoms with E-state index in [-0.39, 0.29) is 0 Å². The summed E-state index contributed by atoms with van der Waals surface area (Å²) in [7, 11) is 1.50. The molecule has 0 bridgehead atoms. The molecule has 3 aromatic rings. The Labute approximate surface area is 153 Å². The quantitative estimate of drug-likeness (QED) is 0.735. The smallest absolute Gasteiger partial charge is 0.268 e. The molecule has 0 unspecified atom stereocenters. The van der Waals surface area contributed by atoms with Gasteiger partial charge < -0.3 is 14.9 Å². The van der Waals surface area contributed by atoms with Gasteiger partial charge in [-0.3, -0.25) is 4.79 Å². The van der Waals surface area contributed by atoms with E-state index in [4.69, 9.17) is 32.8 Å². The molecule has 0 saturated heterocycles. The number of hydrogen-bond donors (Lipinski definition) is 1. The zero-order chi connectivity index (χ0) is 18.0. The van der Waals surface area contributed by atoms with E-state index >= 15 is 0 Å². The summed E-state index contributed by atoms with van der Waals surface area (Å²) in [5.41, 5.74) is 1.61. The number of nitrogens with zero attached hydrogens (tertiary/aromatic N) is 3. The molecule has 7 nitrogen and oxygen atoms in total. The Kier molecular flexibility index (Phi) is 4.96. The molecule has 0 saturated carbocycles. The highest BCUT2D eigenvalue weighted by molar-refractivity contribution is 6.31. The Balaban J connectivity index is 1.76. The van der Waals surface area contributed by atoms with E-state index in [0.717, 1.165) is 0 Å². The van der Waals surface area contributed by atoms with Gasteiger partial charge in [0.2, 0.25) is 6.10 Å². The third-order valence-corrected chi connectivity index (χ3v) is 3.89. The summed E-state index contributed by atoms with van der Waals surface area (Å²) in [6.07, 6.45) is -0.854. The van der Waals surface area contributed by atoms with Crippen LogP contribution in [0.5, 0.6) is 5.75 Å². The average molecular weight is 381 g/mol. The molecule has 1 amide bonds. The fourth-order valence-corrected chi connectivity index (χ4v) is 2.50. The number of ether oxygens (including phenoxy) is 1. The van der Waals surface area contributed by atoms with Crippen LogP contribution in [0.25, 0.3) is 11.0 Å². The average Bonchev–Trinajstić information content (AvgIpc) is 2.97. The maximum Gasteiger partial charge on any atom is 0.268 e. The van der Waals surface area contributed by atoms with Crippen molar-refractivity contribution in [3.05, 3.63) is 46.4 Å². The molecule has 2 aromatic carbocycles. The Bertz CT molecular complexity index is 929. The third-order valence-electron chi connectivity index (χ3n) is 3.42. The van der Waals surface area contributed by atoms with Crippen molar-refractivity contribution in [2.24, 2.45) is 0 Å². The van der Waals surface area contributed by atoms with Crippen molar-refractivity contribution in [1.29, 1.82) is 0 Å². The van der Waals surface area contributed by atoms with Gasteiger partial charge in [-0.25, -0.2) is 0 Å². The maximum absolute atomic E-state index is 12.4. The molecular weight excluding hydrogens is 367 g/mol. The Hall–Kier alpha value is -2.51. The van der Waals surface area contributed by atoms with E-state index in [9.17, 15) is 4.79 Å². The molecule has 0 fully saturated rings. The summed E-state index contributed by atoms with van der Waals surface area (Å²) >= 11 is 11.9. The lowest BCUT2D eigenvalue weighted by Crippen LogP contribution is -2.35. The van der Waals surface area contributed by atoms with E-state index in [0.29, 0.717) is 32.5 Å². The second-order valence-electron chi connectivity index (χ2n) is 5.18. The first-order valence-electron chi connectivity index (χ1n) is 7.30. The van der Waals surface area contributed by atoms with Gasteiger partial charge in [-0.2, -0.15) is 0 Å². The number of aromatic nitrogens is 3. The van der Waals surface area contributed by atoms with Gasteiger partial charge in [0.25, 0.3) is 5.91 Å². The first-order chi connectivity index (χ1) is 12.0. The molecule has 130 valence electrons. The number of halogens is 2. The van der Waals surface area contributed by atoms with Crippen molar-refractivity contribution in [3.63, 3.8) is 0 Å². The van der Waals surface area contributed by atoms with Crippen LogP contribution in [-0.4, -0.2) is 34.3 Å². The number of carbonyl (C=O) groups excluding carboxylic acids is 1. The van der Waals surface area contributed by atoms with Crippen LogP contribution in [0.1, 0.15) is 6.92 Å². The van der Waals surface area contributed by atoms with Crippen molar-refractivity contribution >= 4 is 45.8 Å². The SMILES string of the molecule is COc1ccc(Cl)cc1NC(=O)[C@H](C)On1nnc2ccc(Cl)cc21. The minimum Gasteiger partial charge on any atom is -0.495 e. The van der Waals surface area contributed by atoms with Crippen molar-refractivity contribution in [3.8, 4) is 5.75 Å². The van der Waals surface area contributed by atoms with Gasteiger partial charge in [-0.1, -0.05) is 28.0 Å². The van der Waals surface area contributed by atoms with Crippen molar-refractivity contribution in [2.45, 2.75) is 13.0 Å². The molecule has 9 heteroatoms. The zero-order valence-electron chi connectivity index (χ0n) is 13.4. The van der Waals surface area contributed by atoms with Crippen molar-refractivity contribution in [1.82, 2.24) is 15.2 Å². The molecule has 3 rings (SSSR count). The Morgan fingerprint density at radius 1 is 1.20 bits per heavy atom. The molecule has 25 heavy (non-hydrogen) atoms. The monoisotopic (exact) mass is 380 g/mol. The number of fused-ring (bicyclic) bond motifs is 1. The number of carbonyl (C=O) groups is 1. The summed E-state index contributed by atoms with van der Waals surface area (Å²) in [6.45, 7) is 1.59. The lowest BCUT2D eigenvalue weighted by molar-refractivity contribution is -0.127. The molecule has 0 radical (unpaired) electrons. The summed E-state index contributed by atoms with van der Waals surface area (Å²) in [5.74, 6) is 0.0918. The minimum atomic E-state index is -0.854. The zero-order valence-corrected chi connectivity index (χ0v) is 14.9. The van der Waals surface area contributed by atoms with Gasteiger partial charge >= 0.3 is 0 Å². The second-order valence-corrected chi connectivity index (χ2v) is 6.05. The van der Waals surface area contributed by atoms with Gasteiger partial charge in [0, 0.05) is 10.0 Å². The number of amides is 1. The number of anilines is 1. The highest BCUT2D eigenvalue weighted by Crippen LogP contribution is 2.27. The molecule has 0 aliphatic carbocycles. The predicted octanol–water partition coefficient (Wildman–Crippen LogP) is 3.20. The standard InChI is InChI=1S/C16H14Cl2N4O3/c1-9(16(23)19-13-7-10(17)4-6-15(13)24-2)25-22-14-8-11(18)3-5-12(14)20-21-22/h3-9H,1-2H3,(H,19,23)/t9-/m0/s1. The Morgan fingerprint density at radius 3 is 2.68 bits per heavy atom. The molecule has 1 heterocycles. The third kappa shape index (κ3) is 3.78. The van der Waals surface area contributed by atoms with Crippen LogP contribution in [0.3, 0.4) is 0 Å². The summed E-state index contributed by atoms with van der Waals surface area (Å²) in [4.78, 5) is 19.1. The van der Waals surface area contributed by atoms with Crippen LogP contribution in [0, 0.1) is 0 Å². The highest BCUT2D eigenvalue weighted by Gasteiger charge is 2.19. The normalized spacial score (nSPS) is 12.0. The van der Waals surface area contributed by atoms with Gasteiger partial charge in [-0.15, -0.1) is 5.10 Å². The van der Waals surface area contributed by atoms with Crippen molar-refractivity contribution < 1.29 is 14.4 Å². The molecule has 1 aromatic heterocycles. The van der Waals surface area contributed by atoms with Gasteiger partial charge in [0.1, 0.15) is 16.8 Å². The van der Waals surface area contributed by atoms with Crippen LogP contribution in [0.4, 0.5) is 5.69 Å².